The van der Waals surface area contributed by atoms with Crippen LogP contribution in [-0.2, 0) is 4.74 Å². The van der Waals surface area contributed by atoms with Crippen molar-refractivity contribution in [2.75, 3.05) is 13.7 Å². The van der Waals surface area contributed by atoms with Crippen molar-refractivity contribution in [3.63, 3.8) is 0 Å². The number of nitrogens with zero attached hydrogens (tertiary/aromatic N) is 1. The van der Waals surface area contributed by atoms with Crippen LogP contribution in [0.1, 0.15) is 32.1 Å². The molecular weight excluding hydrogens is 150 g/mol. The minimum atomic E-state index is 0.467. The van der Waals surface area contributed by atoms with Crippen molar-refractivity contribution in [1.82, 2.24) is 0 Å². The molecule has 0 saturated heterocycles. The highest BCUT2D eigenvalue weighted by molar-refractivity contribution is 4.75. The van der Waals surface area contributed by atoms with Crippen LogP contribution < -0.4 is 0 Å². The van der Waals surface area contributed by atoms with Crippen LogP contribution in [0.4, 0.5) is 0 Å². The average Bonchev–Trinajstić information content (AvgIpc) is 2.15. The average molecular weight is 167 g/mol. The molecule has 68 valence electrons. The summed E-state index contributed by atoms with van der Waals surface area (Å²) in [6.07, 6.45) is 6.51. The summed E-state index contributed by atoms with van der Waals surface area (Å²) in [5.74, 6) is 0.748. The van der Waals surface area contributed by atoms with Gasteiger partial charge in [0.05, 0.1) is 6.10 Å². The van der Waals surface area contributed by atoms with Crippen LogP contribution in [0, 0.1) is 12.5 Å². The molecule has 1 fully saturated rings. The lowest BCUT2D eigenvalue weighted by Gasteiger charge is -2.26. The van der Waals surface area contributed by atoms with E-state index >= 15 is 0 Å². The van der Waals surface area contributed by atoms with E-state index in [9.17, 15) is 0 Å². The van der Waals surface area contributed by atoms with Crippen molar-refractivity contribution in [2.24, 2.45) is 5.92 Å². The molecule has 0 heterocycles. The summed E-state index contributed by atoms with van der Waals surface area (Å²) in [4.78, 5) is 3.39. The van der Waals surface area contributed by atoms with Gasteiger partial charge in [-0.05, 0) is 25.2 Å². The van der Waals surface area contributed by atoms with E-state index in [0.717, 1.165) is 12.3 Å². The summed E-state index contributed by atoms with van der Waals surface area (Å²) >= 11 is 0. The second-order valence-corrected chi connectivity index (χ2v) is 3.56. The molecule has 0 aromatic heterocycles. The van der Waals surface area contributed by atoms with Gasteiger partial charge < -0.3 is 9.58 Å². The maximum Gasteiger partial charge on any atom is 0.214 e. The van der Waals surface area contributed by atoms with Gasteiger partial charge in [0.15, 0.2) is 0 Å². The quantitative estimate of drug-likeness (QED) is 0.589. The summed E-state index contributed by atoms with van der Waals surface area (Å²) in [6.45, 7) is 7.41. The number of rotatable bonds is 3. The number of hydrogen-bond acceptors (Lipinski definition) is 1. The molecule has 0 aromatic carbocycles. The Bertz CT molecular complexity index is 162. The maximum absolute atomic E-state index is 6.71. The molecule has 0 aliphatic heterocycles. The Morgan fingerprint density at radius 1 is 1.50 bits per heavy atom. The molecule has 1 aliphatic rings. The van der Waals surface area contributed by atoms with E-state index < -0.39 is 0 Å². The van der Waals surface area contributed by atoms with Crippen LogP contribution in [0.3, 0.4) is 0 Å². The lowest BCUT2D eigenvalue weighted by atomic mass is 9.85. The van der Waals surface area contributed by atoms with E-state index in [2.05, 4.69) is 4.85 Å². The first-order chi connectivity index (χ1) is 5.86. The Balaban J connectivity index is 2.22. The third kappa shape index (κ3) is 2.83. The minimum absolute atomic E-state index is 0.467. The molecule has 12 heavy (non-hydrogen) atoms. The Kier molecular flexibility index (Phi) is 4.10. The summed E-state index contributed by atoms with van der Waals surface area (Å²) in [7, 11) is 1.79. The monoisotopic (exact) mass is 167 g/mol. The molecule has 2 atom stereocenters. The standard InChI is InChI=1S/C10H17NO/c1-11-7-6-9-4-3-5-10(8-9)12-2/h9-10H,3-8H2,2H3. The first kappa shape index (κ1) is 9.54. The molecule has 0 bridgehead atoms. The van der Waals surface area contributed by atoms with Crippen LogP contribution in [0.2, 0.25) is 0 Å². The highest BCUT2D eigenvalue weighted by atomic mass is 16.5. The molecule has 1 saturated carbocycles. The Labute approximate surface area is 74.7 Å². The van der Waals surface area contributed by atoms with Gasteiger partial charge in [0.25, 0.3) is 0 Å². The van der Waals surface area contributed by atoms with Crippen molar-refractivity contribution < 1.29 is 4.74 Å². The van der Waals surface area contributed by atoms with Gasteiger partial charge >= 0.3 is 0 Å². The van der Waals surface area contributed by atoms with Gasteiger partial charge in [0.2, 0.25) is 6.54 Å². The van der Waals surface area contributed by atoms with Crippen LogP contribution in [0.15, 0.2) is 0 Å². The number of methoxy groups -OCH3 is 1. The molecule has 1 aliphatic carbocycles. The highest BCUT2D eigenvalue weighted by Crippen LogP contribution is 2.28. The molecular formula is C10H17NO. The molecule has 0 amide bonds. The number of ether oxygens (including phenoxy) is 1. The zero-order valence-electron chi connectivity index (χ0n) is 7.75. The fourth-order valence-corrected chi connectivity index (χ4v) is 1.97. The van der Waals surface area contributed by atoms with Gasteiger partial charge in [0, 0.05) is 13.5 Å². The predicted molar refractivity (Wildman–Crippen MR) is 48.8 cm³/mol. The maximum atomic E-state index is 6.71. The van der Waals surface area contributed by atoms with Crippen molar-refractivity contribution in [1.29, 1.82) is 0 Å². The van der Waals surface area contributed by atoms with Gasteiger partial charge in [-0.1, -0.05) is 6.42 Å². The second-order valence-electron chi connectivity index (χ2n) is 3.56. The molecule has 2 nitrogen and oxygen atoms in total. The first-order valence-corrected chi connectivity index (χ1v) is 4.73. The van der Waals surface area contributed by atoms with Crippen LogP contribution in [0.25, 0.3) is 4.85 Å². The highest BCUT2D eigenvalue weighted by Gasteiger charge is 2.21. The van der Waals surface area contributed by atoms with Gasteiger partial charge in [0.1, 0.15) is 0 Å². The normalized spacial score (nSPS) is 29.7. The molecule has 0 N–H and O–H groups in total. The van der Waals surface area contributed by atoms with E-state index in [4.69, 9.17) is 11.3 Å². The zero-order valence-corrected chi connectivity index (χ0v) is 7.75. The lowest BCUT2D eigenvalue weighted by molar-refractivity contribution is 0.0499. The number of hydrogen-bond donors (Lipinski definition) is 0. The second kappa shape index (κ2) is 5.16. The third-order valence-electron chi connectivity index (χ3n) is 2.72. The molecule has 0 spiro atoms. The van der Waals surface area contributed by atoms with Gasteiger partial charge in [-0.25, -0.2) is 6.57 Å². The van der Waals surface area contributed by atoms with E-state index in [1.165, 1.54) is 25.7 Å². The summed E-state index contributed by atoms with van der Waals surface area (Å²) in [5.41, 5.74) is 0. The van der Waals surface area contributed by atoms with Crippen molar-refractivity contribution in [3.8, 4) is 0 Å². The molecule has 2 heteroatoms. The van der Waals surface area contributed by atoms with Crippen molar-refractivity contribution >= 4 is 0 Å². The molecule has 0 aromatic rings. The smallest absolute Gasteiger partial charge is 0.214 e. The summed E-state index contributed by atoms with van der Waals surface area (Å²) < 4.78 is 5.32. The van der Waals surface area contributed by atoms with E-state index in [1.807, 2.05) is 0 Å². The van der Waals surface area contributed by atoms with Crippen LogP contribution in [-0.4, -0.2) is 19.8 Å². The van der Waals surface area contributed by atoms with Gasteiger partial charge in [-0.15, -0.1) is 0 Å². The third-order valence-corrected chi connectivity index (χ3v) is 2.72. The summed E-state index contributed by atoms with van der Waals surface area (Å²) in [5, 5.41) is 0. The lowest BCUT2D eigenvalue weighted by Crippen LogP contribution is -2.21. The minimum Gasteiger partial charge on any atom is -0.381 e. The van der Waals surface area contributed by atoms with E-state index in [-0.39, 0.29) is 0 Å². The Hall–Kier alpha value is -0.550. The van der Waals surface area contributed by atoms with Gasteiger partial charge in [-0.2, -0.15) is 0 Å². The molecule has 1 rings (SSSR count). The van der Waals surface area contributed by atoms with Crippen LogP contribution in [0.5, 0.6) is 0 Å². The SMILES string of the molecule is [C-]#[N+]CCC1CCCC(OC)C1. The first-order valence-electron chi connectivity index (χ1n) is 4.73. The van der Waals surface area contributed by atoms with E-state index in [1.54, 1.807) is 7.11 Å². The molecule has 2 unspecified atom stereocenters. The van der Waals surface area contributed by atoms with Crippen molar-refractivity contribution in [3.05, 3.63) is 11.4 Å². The fourth-order valence-electron chi connectivity index (χ4n) is 1.97. The predicted octanol–water partition coefficient (Wildman–Crippen LogP) is 2.50. The Morgan fingerprint density at radius 3 is 3.00 bits per heavy atom. The Morgan fingerprint density at radius 2 is 2.33 bits per heavy atom. The topological polar surface area (TPSA) is 13.6 Å². The fraction of sp³-hybridized carbons (Fsp3) is 0.900. The largest absolute Gasteiger partial charge is 0.381 e. The van der Waals surface area contributed by atoms with Crippen LogP contribution >= 0.6 is 0 Å². The van der Waals surface area contributed by atoms with E-state index in [0.29, 0.717) is 12.6 Å². The van der Waals surface area contributed by atoms with Crippen molar-refractivity contribution in [2.45, 2.75) is 38.2 Å². The van der Waals surface area contributed by atoms with Gasteiger partial charge in [-0.3, -0.25) is 0 Å². The summed E-state index contributed by atoms with van der Waals surface area (Å²) in [6, 6.07) is 0. The zero-order chi connectivity index (χ0) is 8.81. The molecule has 0 radical (unpaired) electrons.